The van der Waals surface area contributed by atoms with Gasteiger partial charge in [-0.1, -0.05) is 42.5 Å². The van der Waals surface area contributed by atoms with Crippen LogP contribution in [0.2, 0.25) is 0 Å². The quantitative estimate of drug-likeness (QED) is 0.482. The van der Waals surface area contributed by atoms with E-state index in [1.807, 2.05) is 18.2 Å². The van der Waals surface area contributed by atoms with Crippen LogP contribution in [0.25, 0.3) is 11.1 Å². The van der Waals surface area contributed by atoms with E-state index in [2.05, 4.69) is 33.9 Å². The maximum atomic E-state index is 12.9. The third-order valence-electron chi connectivity index (χ3n) is 6.31. The summed E-state index contributed by atoms with van der Waals surface area (Å²) in [6, 6.07) is 20.0. The van der Waals surface area contributed by atoms with Gasteiger partial charge in [-0.2, -0.15) is 0 Å². The third-order valence-corrected chi connectivity index (χ3v) is 6.31. The Balaban J connectivity index is 1.24. The summed E-state index contributed by atoms with van der Waals surface area (Å²) in [6.07, 6.45) is -4.73. The molecule has 0 aromatic heterocycles. The Kier molecular flexibility index (Phi) is 6.49. The van der Waals surface area contributed by atoms with E-state index in [4.69, 9.17) is 4.74 Å². The average molecular weight is 483 g/mol. The zero-order chi connectivity index (χ0) is 24.4. The van der Waals surface area contributed by atoms with Gasteiger partial charge in [0.15, 0.2) is 0 Å². The largest absolute Gasteiger partial charge is 0.573 e. The summed E-state index contributed by atoms with van der Waals surface area (Å²) in [5.41, 5.74) is 5.73. The number of alkyl halides is 3. The Hall–Kier alpha value is -3.36. The second kappa shape index (κ2) is 9.71. The lowest BCUT2D eigenvalue weighted by Crippen LogP contribution is -2.35. The van der Waals surface area contributed by atoms with Gasteiger partial charge in [-0.15, -0.1) is 13.2 Å². The van der Waals surface area contributed by atoms with Crippen LogP contribution in [-0.4, -0.2) is 48.4 Å². The van der Waals surface area contributed by atoms with Gasteiger partial charge in [0.1, 0.15) is 5.75 Å². The van der Waals surface area contributed by atoms with Crippen LogP contribution < -0.4 is 4.74 Å². The summed E-state index contributed by atoms with van der Waals surface area (Å²) in [5.74, 6) is -0.360. The van der Waals surface area contributed by atoms with Crippen molar-refractivity contribution < 1.29 is 27.4 Å². The number of morpholine rings is 1. The summed E-state index contributed by atoms with van der Waals surface area (Å²) in [6.45, 7) is 5.12. The summed E-state index contributed by atoms with van der Waals surface area (Å²) in [7, 11) is 0. The molecule has 3 aromatic rings. The molecular formula is C27H25F3N2O3. The summed E-state index contributed by atoms with van der Waals surface area (Å²) in [5, 5.41) is 0. The maximum Gasteiger partial charge on any atom is 0.573 e. The number of halogens is 3. The monoisotopic (exact) mass is 482 g/mol. The van der Waals surface area contributed by atoms with Gasteiger partial charge in [-0.3, -0.25) is 9.69 Å². The minimum atomic E-state index is -4.73. The molecule has 0 spiro atoms. The lowest BCUT2D eigenvalue weighted by Gasteiger charge is -2.26. The number of benzene rings is 3. The Morgan fingerprint density at radius 1 is 0.829 bits per heavy atom. The van der Waals surface area contributed by atoms with Gasteiger partial charge in [0.05, 0.1) is 13.2 Å². The second-order valence-electron chi connectivity index (χ2n) is 8.81. The highest BCUT2D eigenvalue weighted by atomic mass is 19.4. The van der Waals surface area contributed by atoms with Gasteiger partial charge in [0.25, 0.3) is 5.91 Å². The number of nitrogens with zero attached hydrogens (tertiary/aromatic N) is 2. The van der Waals surface area contributed by atoms with Crippen molar-refractivity contribution in [3.63, 3.8) is 0 Å². The number of rotatable bonds is 6. The van der Waals surface area contributed by atoms with Crippen molar-refractivity contribution in [3.05, 3.63) is 89.0 Å². The molecule has 0 saturated carbocycles. The normalized spacial score (nSPS) is 16.4. The topological polar surface area (TPSA) is 42.0 Å². The fourth-order valence-electron chi connectivity index (χ4n) is 4.53. The first-order chi connectivity index (χ1) is 16.8. The minimum absolute atomic E-state index is 0.0805. The van der Waals surface area contributed by atoms with Gasteiger partial charge in [0.2, 0.25) is 0 Å². The van der Waals surface area contributed by atoms with Gasteiger partial charge in [-0.05, 0) is 52.1 Å². The number of carbonyl (C=O) groups is 1. The van der Waals surface area contributed by atoms with E-state index < -0.39 is 6.36 Å². The number of ether oxygens (including phenoxy) is 2. The highest BCUT2D eigenvalue weighted by molar-refractivity contribution is 5.99. The van der Waals surface area contributed by atoms with Crippen LogP contribution in [0.1, 0.15) is 27.0 Å². The van der Waals surface area contributed by atoms with Gasteiger partial charge in [0, 0.05) is 38.3 Å². The van der Waals surface area contributed by atoms with Gasteiger partial charge in [-0.25, -0.2) is 0 Å². The maximum absolute atomic E-state index is 12.9. The molecule has 0 aliphatic carbocycles. The molecule has 2 aliphatic heterocycles. The molecule has 1 saturated heterocycles. The molecule has 0 radical (unpaired) electrons. The van der Waals surface area contributed by atoms with E-state index in [1.54, 1.807) is 17.0 Å². The Morgan fingerprint density at radius 2 is 1.46 bits per heavy atom. The average Bonchev–Trinajstić information content (AvgIpc) is 3.15. The first-order valence-electron chi connectivity index (χ1n) is 11.5. The molecule has 0 bridgehead atoms. The van der Waals surface area contributed by atoms with Gasteiger partial charge >= 0.3 is 6.36 Å². The fraction of sp³-hybridized carbons (Fsp3) is 0.296. The highest BCUT2D eigenvalue weighted by Crippen LogP contribution is 2.30. The third kappa shape index (κ3) is 5.66. The van der Waals surface area contributed by atoms with Crippen molar-refractivity contribution in [2.75, 3.05) is 26.3 Å². The number of carbonyl (C=O) groups excluding carboxylic acids is 1. The van der Waals surface area contributed by atoms with Crippen molar-refractivity contribution in [1.82, 2.24) is 9.80 Å². The van der Waals surface area contributed by atoms with Crippen molar-refractivity contribution in [2.45, 2.75) is 26.0 Å². The molecule has 1 amide bonds. The molecule has 0 unspecified atom stereocenters. The molecule has 0 N–H and O–H groups in total. The lowest BCUT2D eigenvalue weighted by atomic mass is 9.99. The standard InChI is InChI=1S/C27H25F3N2O3/c28-27(29,30)35-24-8-3-20(4-9-24)17-32-18-23-15-22(7-10-25(23)26(32)33)21-5-1-19(2-6-21)16-31-11-13-34-14-12-31/h1-10,15H,11-14,16-18H2. The van der Waals surface area contributed by atoms with Gasteiger partial charge < -0.3 is 14.4 Å². The van der Waals surface area contributed by atoms with Crippen LogP contribution in [0.15, 0.2) is 66.7 Å². The Bertz CT molecular complexity index is 1190. The van der Waals surface area contributed by atoms with Crippen molar-refractivity contribution in [3.8, 4) is 16.9 Å². The van der Waals surface area contributed by atoms with Crippen LogP contribution in [0, 0.1) is 0 Å². The molecule has 8 heteroatoms. The van der Waals surface area contributed by atoms with E-state index in [-0.39, 0.29) is 11.7 Å². The van der Waals surface area contributed by atoms with Crippen molar-refractivity contribution in [2.24, 2.45) is 0 Å². The SMILES string of the molecule is O=C1c2ccc(-c3ccc(CN4CCOCC4)cc3)cc2CN1Cc1ccc(OC(F)(F)F)cc1. The van der Waals surface area contributed by atoms with Crippen LogP contribution in [-0.2, 0) is 24.4 Å². The molecule has 3 aromatic carbocycles. The summed E-state index contributed by atoms with van der Waals surface area (Å²) in [4.78, 5) is 17.0. The molecule has 5 nitrogen and oxygen atoms in total. The molecule has 35 heavy (non-hydrogen) atoms. The van der Waals surface area contributed by atoms with Crippen molar-refractivity contribution >= 4 is 5.91 Å². The van der Waals surface area contributed by atoms with Crippen LogP contribution in [0.3, 0.4) is 0 Å². The fourth-order valence-corrected chi connectivity index (χ4v) is 4.53. The zero-order valence-corrected chi connectivity index (χ0v) is 19.1. The van der Waals surface area contributed by atoms with E-state index in [1.165, 1.54) is 17.7 Å². The lowest BCUT2D eigenvalue weighted by molar-refractivity contribution is -0.274. The number of hydrogen-bond donors (Lipinski definition) is 0. The predicted octanol–water partition coefficient (Wildman–Crippen LogP) is 5.24. The Morgan fingerprint density at radius 3 is 2.14 bits per heavy atom. The summed E-state index contributed by atoms with van der Waals surface area (Å²) < 4.78 is 46.4. The molecular weight excluding hydrogens is 457 g/mol. The number of amides is 1. The minimum Gasteiger partial charge on any atom is -0.406 e. The molecule has 0 atom stereocenters. The van der Waals surface area contributed by atoms with Crippen molar-refractivity contribution in [1.29, 1.82) is 0 Å². The second-order valence-corrected chi connectivity index (χ2v) is 8.81. The molecule has 1 fully saturated rings. The van der Waals surface area contributed by atoms with Crippen LogP contribution in [0.5, 0.6) is 5.75 Å². The first kappa shape index (κ1) is 23.4. The molecule has 2 aliphatic rings. The first-order valence-corrected chi connectivity index (χ1v) is 11.5. The summed E-state index contributed by atoms with van der Waals surface area (Å²) >= 11 is 0. The molecule has 2 heterocycles. The molecule has 5 rings (SSSR count). The van der Waals surface area contributed by atoms with E-state index in [0.29, 0.717) is 18.7 Å². The Labute approximate surface area is 201 Å². The van der Waals surface area contributed by atoms with E-state index in [9.17, 15) is 18.0 Å². The predicted molar refractivity (Wildman–Crippen MR) is 125 cm³/mol. The smallest absolute Gasteiger partial charge is 0.406 e. The van der Waals surface area contributed by atoms with E-state index in [0.717, 1.165) is 55.1 Å². The van der Waals surface area contributed by atoms with Crippen LogP contribution in [0.4, 0.5) is 13.2 Å². The molecule has 182 valence electrons. The number of fused-ring (bicyclic) bond motifs is 1. The highest BCUT2D eigenvalue weighted by Gasteiger charge is 2.31. The van der Waals surface area contributed by atoms with Crippen LogP contribution >= 0.6 is 0 Å². The number of hydrogen-bond acceptors (Lipinski definition) is 4. The zero-order valence-electron chi connectivity index (χ0n) is 19.1. The van der Waals surface area contributed by atoms with E-state index >= 15 is 0 Å².